The predicted molar refractivity (Wildman–Crippen MR) is 74.6 cm³/mol. The quantitative estimate of drug-likeness (QED) is 0.857. The molecule has 2 aromatic rings. The Kier molecular flexibility index (Phi) is 4.14. The van der Waals surface area contributed by atoms with E-state index in [2.05, 4.69) is 15.3 Å². The monoisotopic (exact) mass is 274 g/mol. The number of nitrogens with one attached hydrogen (secondary N) is 1. The molecule has 20 heavy (non-hydrogen) atoms. The van der Waals surface area contributed by atoms with Gasteiger partial charge in [0.15, 0.2) is 0 Å². The van der Waals surface area contributed by atoms with Crippen molar-refractivity contribution >= 4 is 5.91 Å². The Morgan fingerprint density at radius 1 is 1.50 bits per heavy atom. The van der Waals surface area contributed by atoms with Crippen LogP contribution in [0.15, 0.2) is 37.1 Å². The summed E-state index contributed by atoms with van der Waals surface area (Å²) >= 11 is 0. The number of nitrogens with zero attached hydrogens (tertiary/aromatic N) is 3. The van der Waals surface area contributed by atoms with Crippen LogP contribution in [-0.4, -0.2) is 37.7 Å². The Bertz CT molecular complexity index is 559. The van der Waals surface area contributed by atoms with Crippen LogP contribution in [0.2, 0.25) is 0 Å². The summed E-state index contributed by atoms with van der Waals surface area (Å²) in [5, 5.41) is 12.1. The van der Waals surface area contributed by atoms with Crippen LogP contribution in [0.4, 0.5) is 0 Å². The molecule has 2 heterocycles. The zero-order chi connectivity index (χ0) is 14.6. The Morgan fingerprint density at radius 2 is 2.30 bits per heavy atom. The molecule has 0 aliphatic heterocycles. The fourth-order valence-corrected chi connectivity index (χ4v) is 1.65. The maximum absolute atomic E-state index is 12.1. The highest BCUT2D eigenvalue weighted by Crippen LogP contribution is 2.11. The van der Waals surface area contributed by atoms with Gasteiger partial charge in [-0.3, -0.25) is 9.36 Å². The largest absolute Gasteiger partial charge is 0.394 e. The lowest BCUT2D eigenvalue weighted by molar-refractivity contribution is 0.0847. The molecule has 0 spiro atoms. The molecular weight excluding hydrogens is 256 g/mol. The Morgan fingerprint density at radius 3 is 2.80 bits per heavy atom. The van der Waals surface area contributed by atoms with Gasteiger partial charge in [-0.25, -0.2) is 9.97 Å². The van der Waals surface area contributed by atoms with Gasteiger partial charge in [0.1, 0.15) is 12.1 Å². The van der Waals surface area contributed by atoms with Gasteiger partial charge in [-0.2, -0.15) is 0 Å². The molecule has 2 aromatic heterocycles. The summed E-state index contributed by atoms with van der Waals surface area (Å²) in [4.78, 5) is 20.3. The van der Waals surface area contributed by atoms with Crippen molar-refractivity contribution in [2.45, 2.75) is 25.8 Å². The molecule has 0 saturated carbocycles. The fourth-order valence-electron chi connectivity index (χ4n) is 1.65. The van der Waals surface area contributed by atoms with Crippen LogP contribution in [0.5, 0.6) is 0 Å². The number of aliphatic hydroxyl groups excluding tert-OH is 1. The van der Waals surface area contributed by atoms with Crippen molar-refractivity contribution in [2.24, 2.45) is 0 Å². The highest BCUT2D eigenvalue weighted by Gasteiger charge is 2.23. The number of aliphatic hydroxyl groups is 1. The van der Waals surface area contributed by atoms with E-state index >= 15 is 0 Å². The third-order valence-electron chi connectivity index (χ3n) is 3.32. The normalized spacial score (nSPS) is 13.8. The lowest BCUT2D eigenvalue weighted by Crippen LogP contribution is -2.48. The number of hydrogen-bond donors (Lipinski definition) is 2. The first-order chi connectivity index (χ1) is 9.58. The van der Waals surface area contributed by atoms with Crippen molar-refractivity contribution in [1.29, 1.82) is 0 Å². The van der Waals surface area contributed by atoms with E-state index in [9.17, 15) is 9.90 Å². The number of carbonyl (C=O) groups excluding carboxylic acids is 1. The maximum Gasteiger partial charge on any atom is 0.253 e. The van der Waals surface area contributed by atoms with E-state index in [0.717, 1.165) is 0 Å². The lowest BCUT2D eigenvalue weighted by atomic mass is 10.00. The molecule has 6 heteroatoms. The summed E-state index contributed by atoms with van der Waals surface area (Å²) in [5.74, 6) is 0.451. The van der Waals surface area contributed by atoms with Gasteiger partial charge in [-0.1, -0.05) is 6.92 Å². The Balaban J connectivity index is 2.12. The van der Waals surface area contributed by atoms with Gasteiger partial charge in [0.25, 0.3) is 5.91 Å². The van der Waals surface area contributed by atoms with E-state index in [0.29, 0.717) is 17.8 Å². The molecule has 1 amide bonds. The van der Waals surface area contributed by atoms with Crippen molar-refractivity contribution < 1.29 is 9.90 Å². The first kappa shape index (κ1) is 14.2. The zero-order valence-electron chi connectivity index (χ0n) is 11.6. The standard InChI is InChI=1S/C14H18N4O2/c1-3-14(2,9-19)17-13(20)11-4-5-12(16-8-11)18-7-6-15-10-18/h4-8,10,19H,3,9H2,1-2H3,(H,17,20). The smallest absolute Gasteiger partial charge is 0.253 e. The minimum Gasteiger partial charge on any atom is -0.394 e. The molecule has 0 aromatic carbocycles. The van der Waals surface area contributed by atoms with Gasteiger partial charge in [0, 0.05) is 18.6 Å². The second kappa shape index (κ2) is 5.83. The maximum atomic E-state index is 12.1. The van der Waals surface area contributed by atoms with E-state index in [1.54, 1.807) is 42.3 Å². The number of pyridine rings is 1. The molecular formula is C14H18N4O2. The first-order valence-electron chi connectivity index (χ1n) is 6.46. The average Bonchev–Trinajstić information content (AvgIpc) is 3.01. The van der Waals surface area contributed by atoms with Gasteiger partial charge in [-0.15, -0.1) is 0 Å². The van der Waals surface area contributed by atoms with Crippen molar-refractivity contribution in [2.75, 3.05) is 6.61 Å². The zero-order valence-corrected chi connectivity index (χ0v) is 11.6. The van der Waals surface area contributed by atoms with Gasteiger partial charge in [0.2, 0.25) is 0 Å². The van der Waals surface area contributed by atoms with Crippen LogP contribution in [0.25, 0.3) is 5.82 Å². The van der Waals surface area contributed by atoms with Crippen molar-refractivity contribution in [3.8, 4) is 5.82 Å². The molecule has 2 rings (SSSR count). The summed E-state index contributed by atoms with van der Waals surface area (Å²) in [7, 11) is 0. The van der Waals surface area contributed by atoms with Gasteiger partial charge >= 0.3 is 0 Å². The van der Waals surface area contributed by atoms with E-state index in [-0.39, 0.29) is 12.5 Å². The molecule has 0 aliphatic rings. The number of amides is 1. The molecule has 2 N–H and O–H groups in total. The molecule has 1 atom stereocenters. The Hall–Kier alpha value is -2.21. The van der Waals surface area contributed by atoms with Crippen LogP contribution >= 0.6 is 0 Å². The number of rotatable bonds is 5. The van der Waals surface area contributed by atoms with Crippen LogP contribution in [0.1, 0.15) is 30.6 Å². The Labute approximate surface area is 117 Å². The van der Waals surface area contributed by atoms with E-state index in [1.807, 2.05) is 6.92 Å². The fraction of sp³-hybridized carbons (Fsp3) is 0.357. The highest BCUT2D eigenvalue weighted by atomic mass is 16.3. The van der Waals surface area contributed by atoms with E-state index in [1.165, 1.54) is 6.20 Å². The topological polar surface area (TPSA) is 80.0 Å². The third kappa shape index (κ3) is 3.03. The molecule has 6 nitrogen and oxygen atoms in total. The highest BCUT2D eigenvalue weighted by molar-refractivity contribution is 5.94. The SMILES string of the molecule is CCC(C)(CO)NC(=O)c1ccc(-n2ccnc2)nc1. The summed E-state index contributed by atoms with van der Waals surface area (Å²) in [6.45, 7) is 3.62. The molecule has 0 bridgehead atoms. The lowest BCUT2D eigenvalue weighted by Gasteiger charge is -2.27. The molecule has 1 unspecified atom stereocenters. The van der Waals surface area contributed by atoms with Crippen LogP contribution in [0.3, 0.4) is 0 Å². The molecule has 106 valence electrons. The van der Waals surface area contributed by atoms with Gasteiger partial charge in [-0.05, 0) is 25.5 Å². The number of carbonyl (C=O) groups is 1. The van der Waals surface area contributed by atoms with Gasteiger partial charge < -0.3 is 10.4 Å². The number of hydrogen-bond acceptors (Lipinski definition) is 4. The summed E-state index contributed by atoms with van der Waals surface area (Å²) < 4.78 is 1.76. The van der Waals surface area contributed by atoms with Crippen molar-refractivity contribution in [3.63, 3.8) is 0 Å². The molecule has 0 radical (unpaired) electrons. The molecule has 0 aliphatic carbocycles. The third-order valence-corrected chi connectivity index (χ3v) is 3.32. The average molecular weight is 274 g/mol. The molecule has 0 saturated heterocycles. The van der Waals surface area contributed by atoms with Crippen molar-refractivity contribution in [1.82, 2.24) is 19.9 Å². The summed E-state index contributed by atoms with van der Waals surface area (Å²) in [5.41, 5.74) is -0.151. The van der Waals surface area contributed by atoms with E-state index < -0.39 is 5.54 Å². The minimum absolute atomic E-state index is 0.101. The van der Waals surface area contributed by atoms with Gasteiger partial charge in [0.05, 0.1) is 17.7 Å². The second-order valence-corrected chi connectivity index (χ2v) is 4.90. The van der Waals surface area contributed by atoms with Crippen LogP contribution in [-0.2, 0) is 0 Å². The number of aromatic nitrogens is 3. The van der Waals surface area contributed by atoms with Crippen LogP contribution < -0.4 is 5.32 Å². The second-order valence-electron chi connectivity index (χ2n) is 4.90. The predicted octanol–water partition coefficient (Wildman–Crippen LogP) is 1.16. The van der Waals surface area contributed by atoms with E-state index in [4.69, 9.17) is 0 Å². The minimum atomic E-state index is -0.611. The summed E-state index contributed by atoms with van der Waals surface area (Å²) in [6, 6.07) is 3.45. The summed E-state index contributed by atoms with van der Waals surface area (Å²) in [6.07, 6.45) is 7.24. The van der Waals surface area contributed by atoms with Crippen LogP contribution in [0, 0.1) is 0 Å². The molecule has 0 fully saturated rings. The van der Waals surface area contributed by atoms with Crippen molar-refractivity contribution in [3.05, 3.63) is 42.6 Å². The first-order valence-corrected chi connectivity index (χ1v) is 6.46. The number of imidazole rings is 1.